The summed E-state index contributed by atoms with van der Waals surface area (Å²) in [6, 6.07) is 0. The molecule has 15 heavy (non-hydrogen) atoms. The van der Waals surface area contributed by atoms with Gasteiger partial charge in [-0.2, -0.15) is 0 Å². The Labute approximate surface area is 94.5 Å². The molecule has 0 aromatic heterocycles. The molecule has 0 bridgehead atoms. The molecule has 1 aliphatic carbocycles. The van der Waals surface area contributed by atoms with Crippen LogP contribution < -0.4 is 5.73 Å². The quantitative estimate of drug-likeness (QED) is 0.706. The van der Waals surface area contributed by atoms with Crippen LogP contribution in [0.5, 0.6) is 0 Å². The number of rotatable bonds is 5. The van der Waals surface area contributed by atoms with E-state index in [0.29, 0.717) is 5.41 Å². The lowest BCUT2D eigenvalue weighted by atomic mass is 9.74. The Balaban J connectivity index is 2.47. The van der Waals surface area contributed by atoms with Crippen molar-refractivity contribution in [3.8, 4) is 0 Å². The number of nitrogens with two attached hydrogens (primary N) is 1. The van der Waals surface area contributed by atoms with Gasteiger partial charge in [0, 0.05) is 13.1 Å². The van der Waals surface area contributed by atoms with Crippen LogP contribution in [-0.2, 0) is 0 Å². The van der Waals surface area contributed by atoms with Gasteiger partial charge in [0.25, 0.3) is 0 Å². The van der Waals surface area contributed by atoms with E-state index in [0.717, 1.165) is 19.6 Å². The largest absolute Gasteiger partial charge is 0.330 e. The lowest BCUT2D eigenvalue weighted by Gasteiger charge is -2.39. The Morgan fingerprint density at radius 3 is 2.40 bits per heavy atom. The van der Waals surface area contributed by atoms with Gasteiger partial charge >= 0.3 is 0 Å². The molecule has 0 amide bonds. The molecule has 0 heterocycles. The molecule has 0 unspecified atom stereocenters. The van der Waals surface area contributed by atoms with Crippen LogP contribution in [0, 0.1) is 5.41 Å². The van der Waals surface area contributed by atoms with Crippen molar-refractivity contribution in [2.45, 2.75) is 39.0 Å². The van der Waals surface area contributed by atoms with E-state index in [9.17, 15) is 0 Å². The van der Waals surface area contributed by atoms with E-state index in [2.05, 4.69) is 25.5 Å². The van der Waals surface area contributed by atoms with Gasteiger partial charge < -0.3 is 10.6 Å². The van der Waals surface area contributed by atoms with Crippen LogP contribution in [0.25, 0.3) is 0 Å². The zero-order valence-corrected chi connectivity index (χ0v) is 10.4. The summed E-state index contributed by atoms with van der Waals surface area (Å²) in [6.07, 6.45) is 6.73. The van der Waals surface area contributed by atoms with E-state index >= 15 is 0 Å². The van der Waals surface area contributed by atoms with Gasteiger partial charge in [0.2, 0.25) is 0 Å². The van der Waals surface area contributed by atoms with Crippen molar-refractivity contribution in [1.82, 2.24) is 4.90 Å². The molecule has 2 N–H and O–H groups in total. The molecule has 1 fully saturated rings. The topological polar surface area (TPSA) is 29.3 Å². The summed E-state index contributed by atoms with van der Waals surface area (Å²) in [6.45, 7) is 9.03. The average molecular weight is 210 g/mol. The van der Waals surface area contributed by atoms with Gasteiger partial charge in [-0.05, 0) is 38.8 Å². The Kier molecular flexibility index (Phi) is 4.81. The maximum Gasteiger partial charge on any atom is 0.0184 e. The zero-order valence-electron chi connectivity index (χ0n) is 10.4. The van der Waals surface area contributed by atoms with Crippen molar-refractivity contribution in [1.29, 1.82) is 0 Å². The fourth-order valence-corrected chi connectivity index (χ4v) is 2.82. The SMILES string of the molecule is C=C(C)CN(C)CC1(CN)CCCCC1. The van der Waals surface area contributed by atoms with Crippen molar-refractivity contribution in [2.75, 3.05) is 26.7 Å². The fourth-order valence-electron chi connectivity index (χ4n) is 2.82. The third-order valence-corrected chi connectivity index (χ3v) is 3.49. The van der Waals surface area contributed by atoms with Gasteiger partial charge in [0.1, 0.15) is 0 Å². The Morgan fingerprint density at radius 2 is 1.93 bits per heavy atom. The molecule has 0 radical (unpaired) electrons. The highest BCUT2D eigenvalue weighted by Crippen LogP contribution is 2.35. The highest BCUT2D eigenvalue weighted by molar-refractivity contribution is 4.93. The summed E-state index contributed by atoms with van der Waals surface area (Å²) in [7, 11) is 2.18. The second kappa shape index (κ2) is 5.66. The second-order valence-corrected chi connectivity index (χ2v) is 5.39. The van der Waals surface area contributed by atoms with E-state index in [1.54, 1.807) is 0 Å². The van der Waals surface area contributed by atoms with Crippen LogP contribution in [-0.4, -0.2) is 31.6 Å². The third kappa shape index (κ3) is 3.96. The van der Waals surface area contributed by atoms with E-state index in [4.69, 9.17) is 5.73 Å². The number of hydrogen-bond acceptors (Lipinski definition) is 2. The van der Waals surface area contributed by atoms with Crippen molar-refractivity contribution in [2.24, 2.45) is 11.1 Å². The smallest absolute Gasteiger partial charge is 0.0184 e. The molecule has 0 aromatic carbocycles. The molecule has 1 rings (SSSR count). The lowest BCUT2D eigenvalue weighted by Crippen LogP contribution is -2.43. The molecule has 0 spiro atoms. The van der Waals surface area contributed by atoms with Gasteiger partial charge in [-0.15, -0.1) is 0 Å². The minimum Gasteiger partial charge on any atom is -0.330 e. The van der Waals surface area contributed by atoms with Crippen molar-refractivity contribution >= 4 is 0 Å². The molecule has 0 saturated heterocycles. The van der Waals surface area contributed by atoms with Gasteiger partial charge in [0.15, 0.2) is 0 Å². The average Bonchev–Trinajstić information content (AvgIpc) is 2.17. The first-order valence-electron chi connectivity index (χ1n) is 6.11. The molecule has 1 aliphatic rings. The van der Waals surface area contributed by atoms with E-state index < -0.39 is 0 Å². The summed E-state index contributed by atoms with van der Waals surface area (Å²) in [4.78, 5) is 2.38. The van der Waals surface area contributed by atoms with Crippen LogP contribution in [0.1, 0.15) is 39.0 Å². The first kappa shape index (κ1) is 12.7. The van der Waals surface area contributed by atoms with Crippen molar-refractivity contribution in [3.05, 3.63) is 12.2 Å². The van der Waals surface area contributed by atoms with Gasteiger partial charge in [-0.1, -0.05) is 31.4 Å². The third-order valence-electron chi connectivity index (χ3n) is 3.49. The van der Waals surface area contributed by atoms with Crippen LogP contribution in [0.3, 0.4) is 0 Å². The standard InChI is InChI=1S/C13H26N2/c1-12(2)9-15(3)11-13(10-14)7-5-4-6-8-13/h1,4-11,14H2,2-3H3. The van der Waals surface area contributed by atoms with Crippen LogP contribution in [0.2, 0.25) is 0 Å². The summed E-state index contributed by atoms with van der Waals surface area (Å²) < 4.78 is 0. The summed E-state index contributed by atoms with van der Waals surface area (Å²) in [5.74, 6) is 0. The van der Waals surface area contributed by atoms with Gasteiger partial charge in [-0.25, -0.2) is 0 Å². The second-order valence-electron chi connectivity index (χ2n) is 5.39. The molecule has 2 nitrogen and oxygen atoms in total. The highest BCUT2D eigenvalue weighted by atomic mass is 15.1. The van der Waals surface area contributed by atoms with Crippen molar-refractivity contribution in [3.63, 3.8) is 0 Å². The minimum absolute atomic E-state index is 0.391. The lowest BCUT2D eigenvalue weighted by molar-refractivity contribution is 0.133. The maximum absolute atomic E-state index is 5.97. The fraction of sp³-hybridized carbons (Fsp3) is 0.846. The summed E-state index contributed by atoms with van der Waals surface area (Å²) >= 11 is 0. The summed E-state index contributed by atoms with van der Waals surface area (Å²) in [5, 5.41) is 0. The van der Waals surface area contributed by atoms with Crippen LogP contribution in [0.4, 0.5) is 0 Å². The number of hydrogen-bond donors (Lipinski definition) is 1. The Morgan fingerprint density at radius 1 is 1.33 bits per heavy atom. The first-order valence-corrected chi connectivity index (χ1v) is 6.11. The van der Waals surface area contributed by atoms with Gasteiger partial charge in [0.05, 0.1) is 0 Å². The molecule has 2 heteroatoms. The van der Waals surface area contributed by atoms with E-state index in [-0.39, 0.29) is 0 Å². The monoisotopic (exact) mass is 210 g/mol. The van der Waals surface area contributed by atoms with E-state index in [1.807, 2.05) is 0 Å². The molecule has 0 aliphatic heterocycles. The van der Waals surface area contributed by atoms with Crippen molar-refractivity contribution < 1.29 is 0 Å². The Bertz CT molecular complexity index is 205. The molecular formula is C13H26N2. The van der Waals surface area contributed by atoms with Crippen LogP contribution >= 0.6 is 0 Å². The maximum atomic E-state index is 5.97. The predicted octanol–water partition coefficient (Wildman–Crippen LogP) is 2.40. The van der Waals surface area contributed by atoms with Crippen LogP contribution in [0.15, 0.2) is 12.2 Å². The zero-order chi connectivity index (χ0) is 11.3. The Hall–Kier alpha value is -0.340. The molecule has 0 atom stereocenters. The predicted molar refractivity (Wildman–Crippen MR) is 66.9 cm³/mol. The number of nitrogens with zero attached hydrogens (tertiary/aromatic N) is 1. The molecular weight excluding hydrogens is 184 g/mol. The normalized spacial score (nSPS) is 20.5. The summed E-state index contributed by atoms with van der Waals surface area (Å²) in [5.41, 5.74) is 7.60. The highest BCUT2D eigenvalue weighted by Gasteiger charge is 2.31. The molecule has 0 aromatic rings. The molecule has 88 valence electrons. The minimum atomic E-state index is 0.391. The van der Waals surface area contributed by atoms with Gasteiger partial charge in [-0.3, -0.25) is 0 Å². The molecule has 1 saturated carbocycles. The first-order chi connectivity index (χ1) is 7.08. The number of likely N-dealkylation sites (N-methyl/N-ethyl adjacent to an activating group) is 1. The van der Waals surface area contributed by atoms with E-state index in [1.165, 1.54) is 37.7 Å².